The molecule has 0 spiro atoms. The van der Waals surface area contributed by atoms with Gasteiger partial charge in [0.1, 0.15) is 11.5 Å². The number of rotatable bonds is 5. The van der Waals surface area contributed by atoms with Crippen LogP contribution in [0.5, 0.6) is 0 Å². The third-order valence-corrected chi connectivity index (χ3v) is 5.69. The van der Waals surface area contributed by atoms with E-state index < -0.39 is 0 Å². The summed E-state index contributed by atoms with van der Waals surface area (Å²) in [7, 11) is 1.71. The second kappa shape index (κ2) is 7.01. The Morgan fingerprint density at radius 2 is 2.44 bits per heavy atom. The summed E-state index contributed by atoms with van der Waals surface area (Å²) in [5, 5.41) is 2.03. The lowest BCUT2D eigenvalue weighted by molar-refractivity contribution is 0.0697. The number of H-pyrrole nitrogens is 1. The maximum atomic E-state index is 12.9. The van der Waals surface area contributed by atoms with Gasteiger partial charge in [-0.3, -0.25) is 4.79 Å². The first-order valence-electron chi connectivity index (χ1n) is 8.61. The second-order valence-corrected chi connectivity index (χ2v) is 7.39. The van der Waals surface area contributed by atoms with E-state index in [1.807, 2.05) is 34.8 Å². The fourth-order valence-electron chi connectivity index (χ4n) is 3.57. The summed E-state index contributed by atoms with van der Waals surface area (Å²) in [6.45, 7) is 2.98. The van der Waals surface area contributed by atoms with Crippen molar-refractivity contribution in [2.75, 3.05) is 26.8 Å². The van der Waals surface area contributed by atoms with Crippen LogP contribution in [0.1, 0.15) is 35.1 Å². The van der Waals surface area contributed by atoms with Crippen LogP contribution in [0, 0.1) is 0 Å². The van der Waals surface area contributed by atoms with Gasteiger partial charge in [-0.1, -0.05) is 0 Å². The van der Waals surface area contributed by atoms with Crippen molar-refractivity contribution in [3.8, 4) is 0 Å². The van der Waals surface area contributed by atoms with E-state index in [2.05, 4.69) is 14.5 Å². The highest BCUT2D eigenvalue weighted by molar-refractivity contribution is 7.17. The Morgan fingerprint density at radius 1 is 1.52 bits per heavy atom. The van der Waals surface area contributed by atoms with Gasteiger partial charge in [0, 0.05) is 45.1 Å². The number of thiophene rings is 1. The van der Waals surface area contributed by atoms with Crippen molar-refractivity contribution in [2.45, 2.75) is 25.3 Å². The number of amides is 1. The highest BCUT2D eigenvalue weighted by atomic mass is 32.1. The minimum atomic E-state index is 0.0862. The molecular formula is C18H22N4O2S. The van der Waals surface area contributed by atoms with Crippen molar-refractivity contribution in [1.29, 1.82) is 0 Å². The first-order chi connectivity index (χ1) is 12.3. The summed E-state index contributed by atoms with van der Waals surface area (Å²) in [5.74, 6) is 1.42. The van der Waals surface area contributed by atoms with E-state index in [9.17, 15) is 4.79 Å². The molecule has 4 heterocycles. The number of likely N-dealkylation sites (tertiary alicyclic amines) is 1. The zero-order valence-corrected chi connectivity index (χ0v) is 15.1. The Hall–Kier alpha value is -2.12. The molecule has 1 fully saturated rings. The molecule has 1 atom stereocenters. The average molecular weight is 358 g/mol. The number of piperidine rings is 1. The molecule has 6 nitrogen and oxygen atoms in total. The first-order valence-corrected chi connectivity index (χ1v) is 9.49. The van der Waals surface area contributed by atoms with E-state index in [-0.39, 0.29) is 11.8 Å². The quantitative estimate of drug-likeness (QED) is 0.762. The maximum absolute atomic E-state index is 12.9. The van der Waals surface area contributed by atoms with Crippen molar-refractivity contribution in [1.82, 2.24) is 19.4 Å². The number of nitrogens with one attached hydrogen (secondary N) is 1. The zero-order chi connectivity index (χ0) is 17.2. The van der Waals surface area contributed by atoms with Crippen molar-refractivity contribution in [3.05, 3.63) is 41.4 Å². The smallest absolute Gasteiger partial charge is 0.270 e. The van der Waals surface area contributed by atoms with Crippen LogP contribution in [0.15, 0.2) is 29.9 Å². The molecule has 0 radical (unpaired) electrons. The lowest BCUT2D eigenvalue weighted by Crippen LogP contribution is -2.40. The number of ether oxygens (including phenoxy) is 1. The van der Waals surface area contributed by atoms with Crippen LogP contribution in [0.2, 0.25) is 0 Å². The number of methoxy groups -OCH3 is 1. The third-order valence-electron chi connectivity index (χ3n) is 4.83. The van der Waals surface area contributed by atoms with E-state index >= 15 is 0 Å². The molecule has 1 saturated heterocycles. The van der Waals surface area contributed by atoms with Crippen LogP contribution in [-0.2, 0) is 11.3 Å². The van der Waals surface area contributed by atoms with Gasteiger partial charge in [0.25, 0.3) is 5.91 Å². The molecule has 1 N–H and O–H groups in total. The largest absolute Gasteiger partial charge is 0.383 e. The van der Waals surface area contributed by atoms with Crippen LogP contribution in [-0.4, -0.2) is 52.1 Å². The lowest BCUT2D eigenvalue weighted by atomic mass is 9.97. The summed E-state index contributed by atoms with van der Waals surface area (Å²) in [4.78, 5) is 22.6. The Morgan fingerprint density at radius 3 is 3.28 bits per heavy atom. The summed E-state index contributed by atoms with van der Waals surface area (Å²) >= 11 is 1.65. The number of nitrogens with zero attached hydrogens (tertiary/aromatic N) is 3. The Balaban J connectivity index is 1.50. The number of fused-ring (bicyclic) bond motifs is 1. The standard InChI is InChI=1S/C18H22N4O2S/c1-24-9-8-21-7-5-19-17(21)13-3-2-6-22(12-13)18(23)15-11-16-14(20-15)4-10-25-16/h4-5,7,10-11,13,20H,2-3,6,8-9,12H2,1H3/t13-/m0/s1. The van der Waals surface area contributed by atoms with E-state index in [0.29, 0.717) is 12.3 Å². The van der Waals surface area contributed by atoms with Crippen molar-refractivity contribution in [2.24, 2.45) is 0 Å². The molecule has 132 valence electrons. The SMILES string of the molecule is COCCn1ccnc1[C@H]1CCCN(C(=O)c2cc3sccc3[nH]2)C1. The molecule has 3 aromatic rings. The van der Waals surface area contributed by atoms with Gasteiger partial charge in [0.2, 0.25) is 0 Å². The van der Waals surface area contributed by atoms with Crippen LogP contribution < -0.4 is 0 Å². The highest BCUT2D eigenvalue weighted by Gasteiger charge is 2.28. The van der Waals surface area contributed by atoms with Gasteiger partial charge >= 0.3 is 0 Å². The summed E-state index contributed by atoms with van der Waals surface area (Å²) in [6.07, 6.45) is 5.90. The fourth-order valence-corrected chi connectivity index (χ4v) is 4.35. The van der Waals surface area contributed by atoms with Gasteiger partial charge in [-0.15, -0.1) is 11.3 Å². The topological polar surface area (TPSA) is 63.1 Å². The Labute approximate surface area is 150 Å². The third kappa shape index (κ3) is 3.21. The van der Waals surface area contributed by atoms with Crippen molar-refractivity contribution >= 4 is 27.5 Å². The van der Waals surface area contributed by atoms with E-state index in [4.69, 9.17) is 4.74 Å². The summed E-state index contributed by atoms with van der Waals surface area (Å²) in [5.41, 5.74) is 1.72. The molecule has 25 heavy (non-hydrogen) atoms. The molecule has 1 amide bonds. The second-order valence-electron chi connectivity index (χ2n) is 6.44. The van der Waals surface area contributed by atoms with Crippen LogP contribution in [0.3, 0.4) is 0 Å². The molecule has 1 aliphatic heterocycles. The van der Waals surface area contributed by atoms with Gasteiger partial charge in [0.15, 0.2) is 0 Å². The molecule has 4 rings (SSSR count). The number of aromatic amines is 1. The Kier molecular flexibility index (Phi) is 4.59. The molecular weight excluding hydrogens is 336 g/mol. The normalized spacial score (nSPS) is 18.1. The maximum Gasteiger partial charge on any atom is 0.270 e. The zero-order valence-electron chi connectivity index (χ0n) is 14.3. The number of carbonyl (C=O) groups is 1. The molecule has 0 bridgehead atoms. The monoisotopic (exact) mass is 358 g/mol. The van der Waals surface area contributed by atoms with Crippen molar-refractivity contribution < 1.29 is 9.53 Å². The number of imidazole rings is 1. The fraction of sp³-hybridized carbons (Fsp3) is 0.444. The molecule has 7 heteroatoms. The molecule has 1 aliphatic rings. The minimum absolute atomic E-state index is 0.0862. The first kappa shape index (κ1) is 16.4. The number of hydrogen-bond acceptors (Lipinski definition) is 4. The van der Waals surface area contributed by atoms with Crippen LogP contribution in [0.4, 0.5) is 0 Å². The molecule has 3 aromatic heterocycles. The minimum Gasteiger partial charge on any atom is -0.383 e. The number of carbonyl (C=O) groups excluding carboxylic acids is 1. The number of aromatic nitrogens is 3. The summed E-state index contributed by atoms with van der Waals surface area (Å²) in [6, 6.07) is 3.98. The molecule has 0 saturated carbocycles. The van der Waals surface area contributed by atoms with Gasteiger partial charge in [-0.05, 0) is 30.4 Å². The van der Waals surface area contributed by atoms with E-state index in [0.717, 1.165) is 48.5 Å². The molecule has 0 aromatic carbocycles. The lowest BCUT2D eigenvalue weighted by Gasteiger charge is -2.32. The van der Waals surface area contributed by atoms with Crippen molar-refractivity contribution in [3.63, 3.8) is 0 Å². The molecule has 0 unspecified atom stereocenters. The van der Waals surface area contributed by atoms with E-state index in [1.54, 1.807) is 18.4 Å². The van der Waals surface area contributed by atoms with Crippen LogP contribution in [0.25, 0.3) is 10.2 Å². The summed E-state index contributed by atoms with van der Waals surface area (Å²) < 4.78 is 8.46. The van der Waals surface area contributed by atoms with Gasteiger partial charge in [0.05, 0.1) is 16.8 Å². The van der Waals surface area contributed by atoms with Gasteiger partial charge in [-0.25, -0.2) is 4.98 Å². The van der Waals surface area contributed by atoms with Gasteiger partial charge < -0.3 is 19.2 Å². The predicted octanol–water partition coefficient (Wildman–Crippen LogP) is 3.09. The molecule has 0 aliphatic carbocycles. The average Bonchev–Trinajstić information content (AvgIpc) is 3.34. The Bertz CT molecular complexity index is 837. The predicted molar refractivity (Wildman–Crippen MR) is 98.2 cm³/mol. The van der Waals surface area contributed by atoms with E-state index in [1.165, 1.54) is 0 Å². The van der Waals surface area contributed by atoms with Gasteiger partial charge in [-0.2, -0.15) is 0 Å². The number of hydrogen-bond donors (Lipinski definition) is 1. The highest BCUT2D eigenvalue weighted by Crippen LogP contribution is 2.28. The van der Waals surface area contributed by atoms with Crippen LogP contribution >= 0.6 is 11.3 Å².